The molecule has 1 aromatic heterocycles. The number of pyridine rings is 1. The van der Waals surface area contributed by atoms with E-state index in [4.69, 9.17) is 0 Å². The van der Waals surface area contributed by atoms with Gasteiger partial charge in [-0.15, -0.1) is 0 Å². The molecule has 2 aliphatic carbocycles. The van der Waals surface area contributed by atoms with E-state index in [1.54, 1.807) is 4.90 Å². The Balaban J connectivity index is 1.66. The summed E-state index contributed by atoms with van der Waals surface area (Å²) in [5, 5.41) is 12.5. The third-order valence-corrected chi connectivity index (χ3v) is 7.14. The minimum atomic E-state index is -1.39. The van der Waals surface area contributed by atoms with Gasteiger partial charge in [-0.25, -0.2) is 13.6 Å². The van der Waals surface area contributed by atoms with Gasteiger partial charge < -0.3 is 19.9 Å². The normalized spacial score (nSPS) is 26.2. The number of aromatic nitrogens is 1. The van der Waals surface area contributed by atoms with Crippen LogP contribution in [0.2, 0.25) is 0 Å². The summed E-state index contributed by atoms with van der Waals surface area (Å²) in [4.78, 5) is 25.9. The van der Waals surface area contributed by atoms with E-state index in [1.807, 2.05) is 7.05 Å². The van der Waals surface area contributed by atoms with Gasteiger partial charge in [0.05, 0.1) is 10.9 Å². The van der Waals surface area contributed by atoms with Crippen LogP contribution in [0.25, 0.3) is 10.9 Å². The quantitative estimate of drug-likeness (QED) is 0.800. The number of carboxylic acid groups (broad SMARTS) is 1. The molecule has 0 spiro atoms. The molecule has 2 aromatic rings. The van der Waals surface area contributed by atoms with Crippen LogP contribution in [0.1, 0.15) is 48.5 Å². The van der Waals surface area contributed by atoms with Gasteiger partial charge in [-0.1, -0.05) is 6.42 Å². The summed E-state index contributed by atoms with van der Waals surface area (Å²) >= 11 is 0. The number of aromatic carboxylic acids is 1. The molecule has 1 saturated heterocycles. The molecule has 0 unspecified atom stereocenters. The number of hydrogen-bond donors (Lipinski definition) is 2. The van der Waals surface area contributed by atoms with Crippen LogP contribution in [0.5, 0.6) is 0 Å². The first-order valence-electron chi connectivity index (χ1n) is 10.6. The summed E-state index contributed by atoms with van der Waals surface area (Å²) in [6.45, 7) is 1.15. The molecule has 6 nitrogen and oxygen atoms in total. The van der Waals surface area contributed by atoms with Gasteiger partial charge in [-0.3, -0.25) is 4.79 Å². The van der Waals surface area contributed by atoms with Crippen LogP contribution in [-0.2, 0) is 0 Å². The Morgan fingerprint density at radius 2 is 1.97 bits per heavy atom. The van der Waals surface area contributed by atoms with E-state index in [1.165, 1.54) is 10.8 Å². The largest absolute Gasteiger partial charge is 0.477 e. The molecule has 5 rings (SSSR count). The molecule has 1 aliphatic heterocycles. The number of hydrogen-bond acceptors (Lipinski definition) is 4. The van der Waals surface area contributed by atoms with Gasteiger partial charge in [0.1, 0.15) is 17.1 Å². The Bertz CT molecular complexity index is 1100. The first-order chi connectivity index (χ1) is 14.4. The fraction of sp³-hybridized carbons (Fsp3) is 0.545. The van der Waals surface area contributed by atoms with Gasteiger partial charge in [-0.05, 0) is 50.6 Å². The topological polar surface area (TPSA) is 74.6 Å². The lowest BCUT2D eigenvalue weighted by Crippen LogP contribution is -2.40. The molecule has 3 fully saturated rings. The average Bonchev–Trinajstić information content (AvgIpc) is 3.46. The summed E-state index contributed by atoms with van der Waals surface area (Å²) in [6, 6.07) is 1.30. The molecule has 30 heavy (non-hydrogen) atoms. The van der Waals surface area contributed by atoms with Crippen molar-refractivity contribution in [2.75, 3.05) is 25.0 Å². The SMILES string of the molecule is CN[C@@H]1CCC[C@H]2CN(c3c(F)cc4c(=O)c(C(=O)O)cn(C5CC5)c4c3F)C[C@H]21. The van der Waals surface area contributed by atoms with Crippen molar-refractivity contribution in [1.82, 2.24) is 9.88 Å². The van der Waals surface area contributed by atoms with Crippen molar-refractivity contribution in [2.24, 2.45) is 11.8 Å². The van der Waals surface area contributed by atoms with Crippen molar-refractivity contribution in [1.29, 1.82) is 0 Å². The van der Waals surface area contributed by atoms with Crippen molar-refractivity contribution >= 4 is 22.6 Å². The number of fused-ring (bicyclic) bond motifs is 2. The van der Waals surface area contributed by atoms with Crippen LogP contribution < -0.4 is 15.6 Å². The minimum absolute atomic E-state index is 0.0175. The Kier molecular flexibility index (Phi) is 4.57. The fourth-order valence-electron chi connectivity index (χ4n) is 5.53. The smallest absolute Gasteiger partial charge is 0.341 e. The third-order valence-electron chi connectivity index (χ3n) is 7.14. The second-order valence-electron chi connectivity index (χ2n) is 8.89. The van der Waals surface area contributed by atoms with E-state index >= 15 is 8.78 Å². The first-order valence-corrected chi connectivity index (χ1v) is 10.6. The molecule has 160 valence electrons. The molecule has 3 atom stereocenters. The van der Waals surface area contributed by atoms with Crippen molar-refractivity contribution in [3.05, 3.63) is 39.7 Å². The molecular weight excluding hydrogens is 392 g/mol. The lowest BCUT2D eigenvalue weighted by atomic mass is 9.78. The van der Waals surface area contributed by atoms with Crippen LogP contribution in [-0.4, -0.2) is 41.8 Å². The zero-order valence-electron chi connectivity index (χ0n) is 16.8. The monoisotopic (exact) mass is 417 g/mol. The second kappa shape index (κ2) is 7.04. The van der Waals surface area contributed by atoms with Crippen LogP contribution in [0.15, 0.2) is 17.1 Å². The van der Waals surface area contributed by atoms with Gasteiger partial charge >= 0.3 is 5.97 Å². The van der Waals surface area contributed by atoms with E-state index in [-0.39, 0.29) is 22.6 Å². The predicted octanol–water partition coefficient (Wildman–Crippen LogP) is 3.14. The summed E-state index contributed by atoms with van der Waals surface area (Å²) in [5.41, 5.74) is -1.37. The Hall–Kier alpha value is -2.48. The molecule has 2 heterocycles. The Morgan fingerprint density at radius 1 is 1.20 bits per heavy atom. The zero-order chi connectivity index (χ0) is 21.2. The van der Waals surface area contributed by atoms with Crippen LogP contribution in [0.4, 0.5) is 14.5 Å². The number of carboxylic acids is 1. The lowest BCUT2D eigenvalue weighted by molar-refractivity contribution is 0.0694. The highest BCUT2D eigenvalue weighted by molar-refractivity contribution is 5.94. The van der Waals surface area contributed by atoms with Gasteiger partial charge in [0, 0.05) is 31.4 Å². The summed E-state index contributed by atoms with van der Waals surface area (Å²) in [5.74, 6) is -2.24. The van der Waals surface area contributed by atoms with Gasteiger partial charge in [0.15, 0.2) is 5.82 Å². The van der Waals surface area contributed by atoms with Gasteiger partial charge in [0.25, 0.3) is 0 Å². The summed E-state index contributed by atoms with van der Waals surface area (Å²) in [6.07, 6.45) is 5.98. The third kappa shape index (κ3) is 2.92. The molecule has 3 aliphatic rings. The van der Waals surface area contributed by atoms with Crippen LogP contribution in [0.3, 0.4) is 0 Å². The molecule has 0 bridgehead atoms. The first kappa shape index (κ1) is 19.5. The highest BCUT2D eigenvalue weighted by Gasteiger charge is 2.41. The van der Waals surface area contributed by atoms with Crippen molar-refractivity contribution in [3.63, 3.8) is 0 Å². The number of nitrogens with zero attached hydrogens (tertiary/aromatic N) is 2. The second-order valence-corrected chi connectivity index (χ2v) is 8.89. The standard InChI is InChI=1S/C22H25F2N3O3/c1-25-17-4-2-3-11-8-26(9-14(11)17)20-16(23)7-13-19(18(20)24)27(12-5-6-12)10-15(21(13)28)22(29)30/h7,10-12,14,17,25H,2-6,8-9H2,1H3,(H,29,30)/t11-,14+,17+/m0/s1. The minimum Gasteiger partial charge on any atom is -0.477 e. The Morgan fingerprint density at radius 3 is 2.63 bits per heavy atom. The highest BCUT2D eigenvalue weighted by Crippen LogP contribution is 2.43. The molecule has 2 saturated carbocycles. The number of nitrogens with one attached hydrogen (secondary N) is 1. The number of halogens is 2. The molecule has 2 N–H and O–H groups in total. The number of anilines is 1. The van der Waals surface area contributed by atoms with Gasteiger partial charge in [0.2, 0.25) is 5.43 Å². The Labute approximate surface area is 172 Å². The lowest BCUT2D eigenvalue weighted by Gasteiger charge is -2.32. The maximum absolute atomic E-state index is 15.8. The van der Waals surface area contributed by atoms with Crippen LogP contribution >= 0.6 is 0 Å². The summed E-state index contributed by atoms with van der Waals surface area (Å²) in [7, 11) is 1.93. The van der Waals surface area contributed by atoms with E-state index in [0.29, 0.717) is 31.0 Å². The maximum atomic E-state index is 15.8. The average molecular weight is 417 g/mol. The van der Waals surface area contributed by atoms with Crippen molar-refractivity contribution in [3.8, 4) is 0 Å². The molecular formula is C22H25F2N3O3. The molecule has 0 amide bonds. The molecule has 1 aromatic carbocycles. The highest BCUT2D eigenvalue weighted by atomic mass is 19.1. The van der Waals surface area contributed by atoms with Crippen molar-refractivity contribution in [2.45, 2.75) is 44.2 Å². The zero-order valence-corrected chi connectivity index (χ0v) is 16.8. The van der Waals surface area contributed by atoms with Crippen molar-refractivity contribution < 1.29 is 18.7 Å². The van der Waals surface area contributed by atoms with E-state index in [0.717, 1.165) is 38.2 Å². The number of rotatable bonds is 4. The molecule has 8 heteroatoms. The maximum Gasteiger partial charge on any atom is 0.341 e. The summed E-state index contributed by atoms with van der Waals surface area (Å²) < 4.78 is 32.5. The molecule has 0 radical (unpaired) electrons. The van der Waals surface area contributed by atoms with E-state index in [9.17, 15) is 14.7 Å². The van der Waals surface area contributed by atoms with E-state index in [2.05, 4.69) is 5.32 Å². The predicted molar refractivity (Wildman–Crippen MR) is 109 cm³/mol. The van der Waals surface area contributed by atoms with Crippen LogP contribution in [0, 0.1) is 23.5 Å². The fourth-order valence-corrected chi connectivity index (χ4v) is 5.53. The number of carbonyl (C=O) groups is 1. The van der Waals surface area contributed by atoms with Gasteiger partial charge in [-0.2, -0.15) is 0 Å². The van der Waals surface area contributed by atoms with E-state index < -0.39 is 28.6 Å². The number of benzene rings is 1.